The van der Waals surface area contributed by atoms with Gasteiger partial charge in [0.05, 0.1) is 0 Å². The van der Waals surface area contributed by atoms with Gasteiger partial charge in [-0.1, -0.05) is 6.92 Å². The number of rotatable bonds is 3. The second-order valence-electron chi connectivity index (χ2n) is 5.08. The van der Waals surface area contributed by atoms with Crippen LogP contribution in [0.15, 0.2) is 23.2 Å². The van der Waals surface area contributed by atoms with E-state index in [0.29, 0.717) is 18.3 Å². The van der Waals surface area contributed by atoms with Crippen molar-refractivity contribution in [3.63, 3.8) is 0 Å². The highest BCUT2D eigenvalue weighted by Crippen LogP contribution is 2.30. The molecule has 1 fully saturated rings. The minimum atomic E-state index is -3.48. The molecule has 0 aliphatic carbocycles. The van der Waals surface area contributed by atoms with E-state index in [9.17, 15) is 8.42 Å². The fourth-order valence-corrected chi connectivity index (χ4v) is 4.47. The van der Waals surface area contributed by atoms with Crippen molar-refractivity contribution in [1.29, 1.82) is 0 Å². The molecule has 2 atom stereocenters. The summed E-state index contributed by atoms with van der Waals surface area (Å²) in [5.74, 6) is 0.797. The molecule has 106 valence electrons. The van der Waals surface area contributed by atoms with Gasteiger partial charge in [-0.25, -0.2) is 13.4 Å². The lowest BCUT2D eigenvalue weighted by Crippen LogP contribution is -2.46. The van der Waals surface area contributed by atoms with Gasteiger partial charge in [0.2, 0.25) is 10.0 Å². The first-order valence-electron chi connectivity index (χ1n) is 6.63. The number of piperidine rings is 1. The van der Waals surface area contributed by atoms with Gasteiger partial charge in [0, 0.05) is 25.8 Å². The Hall–Kier alpha value is -1.14. The van der Waals surface area contributed by atoms with Crippen molar-refractivity contribution in [3.05, 3.63) is 18.3 Å². The molecule has 1 aliphatic heterocycles. The van der Waals surface area contributed by atoms with Gasteiger partial charge < -0.3 is 5.32 Å². The molecule has 0 aromatic carbocycles. The molecule has 1 aromatic rings. The van der Waals surface area contributed by atoms with E-state index >= 15 is 0 Å². The molecule has 2 rings (SSSR count). The van der Waals surface area contributed by atoms with Gasteiger partial charge in [0.15, 0.2) is 0 Å². The lowest BCUT2D eigenvalue weighted by atomic mass is 9.94. The van der Waals surface area contributed by atoms with Crippen molar-refractivity contribution < 1.29 is 8.42 Å². The SMILES string of the molecule is CNc1ncccc1S(=O)(=O)N1CCCC(C)C1C. The molecule has 2 heterocycles. The third kappa shape index (κ3) is 2.60. The van der Waals surface area contributed by atoms with Gasteiger partial charge in [-0.2, -0.15) is 4.31 Å². The number of hydrogen-bond donors (Lipinski definition) is 1. The normalized spacial score (nSPS) is 25.2. The van der Waals surface area contributed by atoms with Crippen LogP contribution in [0.4, 0.5) is 5.82 Å². The maximum Gasteiger partial charge on any atom is 0.246 e. The number of pyridine rings is 1. The fraction of sp³-hybridized carbons (Fsp3) is 0.615. The lowest BCUT2D eigenvalue weighted by Gasteiger charge is -2.36. The highest BCUT2D eigenvalue weighted by molar-refractivity contribution is 7.89. The van der Waals surface area contributed by atoms with Gasteiger partial charge >= 0.3 is 0 Å². The fourth-order valence-electron chi connectivity index (χ4n) is 2.55. The molecule has 0 radical (unpaired) electrons. The van der Waals surface area contributed by atoms with Crippen LogP contribution in [0.25, 0.3) is 0 Å². The van der Waals surface area contributed by atoms with Gasteiger partial charge in [-0.3, -0.25) is 0 Å². The molecular formula is C13H21N3O2S. The predicted octanol–water partition coefficient (Wildman–Crippen LogP) is 1.93. The Morgan fingerprint density at radius 3 is 2.84 bits per heavy atom. The number of anilines is 1. The van der Waals surface area contributed by atoms with E-state index in [1.165, 1.54) is 0 Å². The van der Waals surface area contributed by atoms with E-state index in [-0.39, 0.29) is 10.9 Å². The monoisotopic (exact) mass is 283 g/mol. The summed E-state index contributed by atoms with van der Waals surface area (Å²) < 4.78 is 27.1. The molecule has 0 bridgehead atoms. The number of aromatic nitrogens is 1. The van der Waals surface area contributed by atoms with E-state index in [0.717, 1.165) is 12.8 Å². The zero-order valence-corrected chi connectivity index (χ0v) is 12.4. The van der Waals surface area contributed by atoms with E-state index in [1.807, 2.05) is 6.92 Å². The van der Waals surface area contributed by atoms with Gasteiger partial charge in [-0.15, -0.1) is 0 Å². The van der Waals surface area contributed by atoms with Crippen LogP contribution in [-0.2, 0) is 10.0 Å². The van der Waals surface area contributed by atoms with Crippen LogP contribution in [0.5, 0.6) is 0 Å². The van der Waals surface area contributed by atoms with Crippen molar-refractivity contribution in [2.24, 2.45) is 5.92 Å². The van der Waals surface area contributed by atoms with Crippen LogP contribution in [0.1, 0.15) is 26.7 Å². The molecular weight excluding hydrogens is 262 g/mol. The molecule has 5 nitrogen and oxygen atoms in total. The second-order valence-corrected chi connectivity index (χ2v) is 6.93. The minimum Gasteiger partial charge on any atom is -0.372 e. The second kappa shape index (κ2) is 5.46. The van der Waals surface area contributed by atoms with Gasteiger partial charge in [-0.05, 0) is 37.8 Å². The van der Waals surface area contributed by atoms with Crippen LogP contribution in [0.2, 0.25) is 0 Å². The minimum absolute atomic E-state index is 0.0312. The molecule has 2 unspecified atom stereocenters. The topological polar surface area (TPSA) is 62.3 Å². The highest BCUT2D eigenvalue weighted by atomic mass is 32.2. The van der Waals surface area contributed by atoms with E-state index in [4.69, 9.17) is 0 Å². The smallest absolute Gasteiger partial charge is 0.246 e. The Kier molecular flexibility index (Phi) is 4.10. The predicted molar refractivity (Wildman–Crippen MR) is 75.5 cm³/mol. The third-order valence-corrected chi connectivity index (χ3v) is 5.93. The zero-order chi connectivity index (χ0) is 14.0. The van der Waals surface area contributed by atoms with Crippen LogP contribution in [0, 0.1) is 5.92 Å². The highest BCUT2D eigenvalue weighted by Gasteiger charge is 2.35. The van der Waals surface area contributed by atoms with Crippen molar-refractivity contribution >= 4 is 15.8 Å². The molecule has 0 saturated carbocycles. The summed E-state index contributed by atoms with van der Waals surface area (Å²) in [5.41, 5.74) is 0. The number of nitrogens with zero attached hydrogens (tertiary/aromatic N) is 2. The largest absolute Gasteiger partial charge is 0.372 e. The molecule has 1 N–H and O–H groups in total. The van der Waals surface area contributed by atoms with Crippen LogP contribution in [-0.4, -0.2) is 37.3 Å². The van der Waals surface area contributed by atoms with Crippen LogP contribution >= 0.6 is 0 Å². The van der Waals surface area contributed by atoms with E-state index in [1.54, 1.807) is 29.7 Å². The Bertz CT molecular complexity index is 545. The Morgan fingerprint density at radius 1 is 1.42 bits per heavy atom. The Balaban J connectivity index is 2.42. The van der Waals surface area contributed by atoms with Crippen LogP contribution in [0.3, 0.4) is 0 Å². The summed E-state index contributed by atoms with van der Waals surface area (Å²) in [6.07, 6.45) is 3.59. The molecule has 0 amide bonds. The molecule has 1 saturated heterocycles. The molecule has 6 heteroatoms. The summed E-state index contributed by atoms with van der Waals surface area (Å²) in [4.78, 5) is 4.35. The van der Waals surface area contributed by atoms with Crippen molar-refractivity contribution in [1.82, 2.24) is 9.29 Å². The van der Waals surface area contributed by atoms with Gasteiger partial charge in [0.25, 0.3) is 0 Å². The molecule has 0 spiro atoms. The maximum atomic E-state index is 12.8. The Labute approximate surface area is 115 Å². The van der Waals surface area contributed by atoms with E-state index < -0.39 is 10.0 Å². The first-order chi connectivity index (χ1) is 8.98. The van der Waals surface area contributed by atoms with Gasteiger partial charge in [0.1, 0.15) is 10.7 Å². The first kappa shape index (κ1) is 14.3. The summed E-state index contributed by atoms with van der Waals surface area (Å²) in [6, 6.07) is 3.30. The quantitative estimate of drug-likeness (QED) is 0.920. The zero-order valence-electron chi connectivity index (χ0n) is 11.6. The number of sulfonamides is 1. The molecule has 1 aromatic heterocycles. The van der Waals surface area contributed by atoms with Crippen LogP contribution < -0.4 is 5.32 Å². The van der Waals surface area contributed by atoms with Crippen molar-refractivity contribution in [2.75, 3.05) is 18.9 Å². The third-order valence-electron chi connectivity index (χ3n) is 3.91. The number of hydrogen-bond acceptors (Lipinski definition) is 4. The summed E-state index contributed by atoms with van der Waals surface area (Å²) >= 11 is 0. The summed E-state index contributed by atoms with van der Waals surface area (Å²) in [7, 11) is -1.79. The Morgan fingerprint density at radius 2 is 2.16 bits per heavy atom. The lowest BCUT2D eigenvalue weighted by molar-refractivity contribution is 0.202. The summed E-state index contributed by atoms with van der Waals surface area (Å²) in [6.45, 7) is 4.68. The average Bonchev–Trinajstić information content (AvgIpc) is 2.41. The molecule has 1 aliphatic rings. The average molecular weight is 283 g/mol. The van der Waals surface area contributed by atoms with Crippen molar-refractivity contribution in [2.45, 2.75) is 37.6 Å². The van der Waals surface area contributed by atoms with Crippen molar-refractivity contribution in [3.8, 4) is 0 Å². The standard InChI is InChI=1S/C13H21N3O2S/c1-10-6-5-9-16(11(10)2)19(17,18)12-7-4-8-15-13(12)14-3/h4,7-8,10-11H,5-6,9H2,1-3H3,(H,14,15). The summed E-state index contributed by atoms with van der Waals surface area (Å²) in [5, 5.41) is 2.85. The first-order valence-corrected chi connectivity index (χ1v) is 8.07. The number of nitrogens with one attached hydrogen (secondary N) is 1. The van der Waals surface area contributed by atoms with E-state index in [2.05, 4.69) is 17.2 Å². The maximum absolute atomic E-state index is 12.8. The molecule has 19 heavy (non-hydrogen) atoms.